The average Bonchev–Trinajstić information content (AvgIpc) is 3.02. The predicted octanol–water partition coefficient (Wildman–Crippen LogP) is 3.18. The van der Waals surface area contributed by atoms with Crippen molar-refractivity contribution in [1.82, 2.24) is 15.2 Å². The molecule has 1 amide bonds. The highest BCUT2D eigenvalue weighted by molar-refractivity contribution is 7.15. The molecular formula is C17H14N4OS. The number of pyridine rings is 1. The summed E-state index contributed by atoms with van der Waals surface area (Å²) in [5.41, 5.74) is 2.03. The van der Waals surface area contributed by atoms with Gasteiger partial charge in [-0.1, -0.05) is 47.7 Å². The fourth-order valence-corrected chi connectivity index (χ4v) is 2.72. The van der Waals surface area contributed by atoms with E-state index in [1.54, 1.807) is 18.5 Å². The van der Waals surface area contributed by atoms with Crippen LogP contribution in [0.25, 0.3) is 6.08 Å². The first-order chi connectivity index (χ1) is 11.3. The molecule has 0 saturated carbocycles. The lowest BCUT2D eigenvalue weighted by atomic mass is 10.2. The van der Waals surface area contributed by atoms with Gasteiger partial charge >= 0.3 is 0 Å². The molecular weight excluding hydrogens is 308 g/mol. The van der Waals surface area contributed by atoms with Gasteiger partial charge in [0.1, 0.15) is 5.01 Å². The number of hydrogen-bond acceptors (Lipinski definition) is 5. The number of anilines is 1. The molecule has 23 heavy (non-hydrogen) atoms. The Morgan fingerprint density at radius 3 is 2.78 bits per heavy atom. The Hall–Kier alpha value is -2.86. The molecule has 0 saturated heterocycles. The molecule has 0 aliphatic rings. The van der Waals surface area contributed by atoms with E-state index in [1.807, 2.05) is 42.5 Å². The molecule has 5 nitrogen and oxygen atoms in total. The number of hydrogen-bond donors (Lipinski definition) is 1. The van der Waals surface area contributed by atoms with Crippen molar-refractivity contribution in [1.29, 1.82) is 0 Å². The summed E-state index contributed by atoms with van der Waals surface area (Å²) in [6.07, 6.45) is 7.24. The zero-order valence-corrected chi connectivity index (χ0v) is 13.0. The normalized spacial score (nSPS) is 10.8. The van der Waals surface area contributed by atoms with Crippen LogP contribution in [0, 0.1) is 0 Å². The second-order valence-electron chi connectivity index (χ2n) is 4.77. The summed E-state index contributed by atoms with van der Waals surface area (Å²) in [6.45, 7) is 0. The van der Waals surface area contributed by atoms with Crippen molar-refractivity contribution >= 4 is 28.5 Å². The Bertz CT molecular complexity index is 800. The molecule has 0 fully saturated rings. The van der Waals surface area contributed by atoms with Gasteiger partial charge in [-0.15, -0.1) is 10.2 Å². The molecule has 6 heteroatoms. The average molecular weight is 322 g/mol. The third-order valence-corrected chi connectivity index (χ3v) is 3.85. The minimum Gasteiger partial charge on any atom is -0.297 e. The predicted molar refractivity (Wildman–Crippen MR) is 91.1 cm³/mol. The van der Waals surface area contributed by atoms with Gasteiger partial charge in [0.15, 0.2) is 0 Å². The fraction of sp³-hybridized carbons (Fsp3) is 0.0588. The van der Waals surface area contributed by atoms with E-state index in [2.05, 4.69) is 20.5 Å². The Morgan fingerprint density at radius 1 is 1.13 bits per heavy atom. The van der Waals surface area contributed by atoms with Gasteiger partial charge in [0.25, 0.3) is 0 Å². The molecule has 0 aliphatic heterocycles. The third kappa shape index (κ3) is 4.55. The lowest BCUT2D eigenvalue weighted by Gasteiger charge is -1.96. The van der Waals surface area contributed by atoms with Crippen LogP contribution in [0.4, 0.5) is 5.13 Å². The number of nitrogens with zero attached hydrogens (tertiary/aromatic N) is 3. The van der Waals surface area contributed by atoms with Crippen molar-refractivity contribution in [2.24, 2.45) is 0 Å². The summed E-state index contributed by atoms with van der Waals surface area (Å²) in [7, 11) is 0. The summed E-state index contributed by atoms with van der Waals surface area (Å²) in [5, 5.41) is 12.2. The Morgan fingerprint density at radius 2 is 2.00 bits per heavy atom. The summed E-state index contributed by atoms with van der Waals surface area (Å²) >= 11 is 1.38. The quantitative estimate of drug-likeness (QED) is 0.733. The SMILES string of the molecule is O=C(/C=C\c1cccnc1)Nc1nnc(Cc2ccccc2)s1. The standard InChI is InChI=1S/C17H14N4OS/c22-15(9-8-14-7-4-10-18-12-14)19-17-21-20-16(23-17)11-13-5-2-1-3-6-13/h1-10,12H,11H2,(H,19,21,22)/b9-8-. The Balaban J connectivity index is 1.58. The number of amides is 1. The van der Waals surface area contributed by atoms with Gasteiger partial charge in [0.2, 0.25) is 11.0 Å². The number of aromatic nitrogens is 3. The molecule has 3 rings (SSSR count). The monoisotopic (exact) mass is 322 g/mol. The van der Waals surface area contributed by atoms with E-state index in [-0.39, 0.29) is 5.91 Å². The number of rotatable bonds is 5. The minimum atomic E-state index is -0.240. The summed E-state index contributed by atoms with van der Waals surface area (Å²) in [5.74, 6) is -0.240. The Kier molecular flexibility index (Phi) is 4.85. The van der Waals surface area contributed by atoms with E-state index in [9.17, 15) is 4.79 Å². The van der Waals surface area contributed by atoms with Crippen LogP contribution in [0.2, 0.25) is 0 Å². The van der Waals surface area contributed by atoms with Crippen molar-refractivity contribution in [2.75, 3.05) is 5.32 Å². The van der Waals surface area contributed by atoms with Crippen LogP contribution in [-0.4, -0.2) is 21.1 Å². The zero-order valence-electron chi connectivity index (χ0n) is 12.2. The molecule has 0 bridgehead atoms. The van der Waals surface area contributed by atoms with E-state index in [1.165, 1.54) is 17.4 Å². The van der Waals surface area contributed by atoms with E-state index in [0.29, 0.717) is 11.6 Å². The minimum absolute atomic E-state index is 0.240. The molecule has 0 unspecified atom stereocenters. The molecule has 114 valence electrons. The van der Waals surface area contributed by atoms with Crippen molar-refractivity contribution in [2.45, 2.75) is 6.42 Å². The molecule has 2 aromatic heterocycles. The van der Waals surface area contributed by atoms with Gasteiger partial charge in [-0.3, -0.25) is 15.1 Å². The number of carbonyl (C=O) groups is 1. The van der Waals surface area contributed by atoms with E-state index in [4.69, 9.17) is 0 Å². The smallest absolute Gasteiger partial charge is 0.250 e. The topological polar surface area (TPSA) is 67.8 Å². The molecule has 0 spiro atoms. The number of benzene rings is 1. The maximum Gasteiger partial charge on any atom is 0.250 e. The summed E-state index contributed by atoms with van der Waals surface area (Å²) in [6, 6.07) is 13.7. The van der Waals surface area contributed by atoms with Gasteiger partial charge in [0, 0.05) is 24.9 Å². The van der Waals surface area contributed by atoms with Gasteiger partial charge in [-0.2, -0.15) is 0 Å². The summed E-state index contributed by atoms with van der Waals surface area (Å²) in [4.78, 5) is 15.9. The first-order valence-corrected chi connectivity index (χ1v) is 7.86. The molecule has 1 aromatic carbocycles. The van der Waals surface area contributed by atoms with Crippen molar-refractivity contribution in [3.05, 3.63) is 77.1 Å². The van der Waals surface area contributed by atoms with Crippen LogP contribution in [0.5, 0.6) is 0 Å². The second kappa shape index (κ2) is 7.42. The molecule has 0 radical (unpaired) electrons. The van der Waals surface area contributed by atoms with Crippen LogP contribution in [0.3, 0.4) is 0 Å². The van der Waals surface area contributed by atoms with Crippen LogP contribution in [0.15, 0.2) is 60.9 Å². The number of carbonyl (C=O) groups excluding carboxylic acids is 1. The van der Waals surface area contributed by atoms with Gasteiger partial charge in [0.05, 0.1) is 0 Å². The van der Waals surface area contributed by atoms with Crippen LogP contribution < -0.4 is 5.32 Å². The van der Waals surface area contributed by atoms with Crippen LogP contribution >= 0.6 is 11.3 Å². The lowest BCUT2D eigenvalue weighted by Crippen LogP contribution is -2.07. The van der Waals surface area contributed by atoms with Crippen molar-refractivity contribution < 1.29 is 4.79 Å². The second-order valence-corrected chi connectivity index (χ2v) is 5.83. The maximum absolute atomic E-state index is 11.9. The Labute approximate surface area is 137 Å². The van der Waals surface area contributed by atoms with Crippen LogP contribution in [0.1, 0.15) is 16.1 Å². The van der Waals surface area contributed by atoms with Gasteiger partial charge < -0.3 is 0 Å². The molecule has 3 aromatic rings. The maximum atomic E-state index is 11.9. The third-order valence-electron chi connectivity index (χ3n) is 3.01. The highest BCUT2D eigenvalue weighted by atomic mass is 32.1. The number of nitrogens with one attached hydrogen (secondary N) is 1. The van der Waals surface area contributed by atoms with Gasteiger partial charge in [-0.05, 0) is 23.3 Å². The van der Waals surface area contributed by atoms with Gasteiger partial charge in [-0.25, -0.2) is 0 Å². The van der Waals surface area contributed by atoms with E-state index in [0.717, 1.165) is 16.1 Å². The zero-order chi connectivity index (χ0) is 15.9. The van der Waals surface area contributed by atoms with Crippen molar-refractivity contribution in [3.8, 4) is 0 Å². The highest BCUT2D eigenvalue weighted by Crippen LogP contribution is 2.18. The molecule has 0 atom stereocenters. The first-order valence-electron chi connectivity index (χ1n) is 7.05. The molecule has 1 N–H and O–H groups in total. The molecule has 0 aliphatic carbocycles. The van der Waals surface area contributed by atoms with E-state index < -0.39 is 0 Å². The fourth-order valence-electron chi connectivity index (χ4n) is 1.94. The summed E-state index contributed by atoms with van der Waals surface area (Å²) < 4.78 is 0. The van der Waals surface area contributed by atoms with Crippen LogP contribution in [-0.2, 0) is 11.2 Å². The first kappa shape index (κ1) is 15.1. The van der Waals surface area contributed by atoms with Crippen molar-refractivity contribution in [3.63, 3.8) is 0 Å². The largest absolute Gasteiger partial charge is 0.297 e. The molecule has 2 heterocycles. The lowest BCUT2D eigenvalue weighted by molar-refractivity contribution is -0.111. The van der Waals surface area contributed by atoms with E-state index >= 15 is 0 Å². The highest BCUT2D eigenvalue weighted by Gasteiger charge is 2.07.